The molecule has 1 amide bonds. The van der Waals surface area contributed by atoms with E-state index < -0.39 is 0 Å². The zero-order chi connectivity index (χ0) is 13.7. The summed E-state index contributed by atoms with van der Waals surface area (Å²) >= 11 is 1.46. The van der Waals surface area contributed by atoms with Gasteiger partial charge >= 0.3 is 0 Å². The molecule has 0 radical (unpaired) electrons. The second kappa shape index (κ2) is 6.45. The lowest BCUT2D eigenvalue weighted by Gasteiger charge is -2.02. The molecule has 5 heteroatoms. The van der Waals surface area contributed by atoms with E-state index in [2.05, 4.69) is 22.4 Å². The standard InChI is InChI=1S/C14H17N3OS/c1-10(18)16-14-17-13(9-19-14)6-5-11-3-2-4-12(7-11)8-15/h2-4,7,9H,5-6,8,15H2,1H3,(H,16,17,18). The van der Waals surface area contributed by atoms with Crippen LogP contribution >= 0.6 is 11.3 Å². The summed E-state index contributed by atoms with van der Waals surface area (Å²) in [5.41, 5.74) is 9.04. The van der Waals surface area contributed by atoms with E-state index in [0.717, 1.165) is 24.1 Å². The Kier molecular flexibility index (Phi) is 4.65. The van der Waals surface area contributed by atoms with Gasteiger partial charge in [0.2, 0.25) is 5.91 Å². The Hall–Kier alpha value is -1.72. The van der Waals surface area contributed by atoms with Gasteiger partial charge in [0.25, 0.3) is 0 Å². The Bertz CT molecular complexity index is 565. The van der Waals surface area contributed by atoms with Crippen molar-refractivity contribution in [2.24, 2.45) is 5.73 Å². The average Bonchev–Trinajstić information content (AvgIpc) is 2.83. The van der Waals surface area contributed by atoms with E-state index in [1.54, 1.807) is 0 Å². The van der Waals surface area contributed by atoms with Crippen molar-refractivity contribution in [1.82, 2.24) is 4.98 Å². The highest BCUT2D eigenvalue weighted by Gasteiger charge is 2.04. The molecule has 0 spiro atoms. The molecule has 0 aliphatic carbocycles. The van der Waals surface area contributed by atoms with Gasteiger partial charge in [-0.1, -0.05) is 24.3 Å². The van der Waals surface area contributed by atoms with E-state index in [1.165, 1.54) is 23.8 Å². The SMILES string of the molecule is CC(=O)Nc1nc(CCc2cccc(CN)c2)cs1. The van der Waals surface area contributed by atoms with Crippen molar-refractivity contribution < 1.29 is 4.79 Å². The first-order chi connectivity index (χ1) is 9.17. The number of benzene rings is 1. The van der Waals surface area contributed by atoms with Gasteiger partial charge in [-0.15, -0.1) is 11.3 Å². The predicted octanol–water partition coefficient (Wildman–Crippen LogP) is 2.35. The molecule has 19 heavy (non-hydrogen) atoms. The predicted molar refractivity (Wildman–Crippen MR) is 78.2 cm³/mol. The fourth-order valence-corrected chi connectivity index (χ4v) is 2.61. The summed E-state index contributed by atoms with van der Waals surface area (Å²) in [4.78, 5) is 15.3. The largest absolute Gasteiger partial charge is 0.326 e. The first-order valence-corrected chi connectivity index (χ1v) is 7.05. The molecule has 0 aliphatic heterocycles. The van der Waals surface area contributed by atoms with Crippen LogP contribution in [-0.2, 0) is 24.2 Å². The van der Waals surface area contributed by atoms with Gasteiger partial charge in [-0.05, 0) is 24.0 Å². The van der Waals surface area contributed by atoms with Crippen LogP contribution in [0.1, 0.15) is 23.7 Å². The van der Waals surface area contributed by atoms with Crippen molar-refractivity contribution in [2.75, 3.05) is 5.32 Å². The number of amides is 1. The van der Waals surface area contributed by atoms with Crippen LogP contribution in [-0.4, -0.2) is 10.9 Å². The fourth-order valence-electron chi connectivity index (χ4n) is 1.81. The molecule has 0 unspecified atom stereocenters. The van der Waals surface area contributed by atoms with Crippen LogP contribution in [0.3, 0.4) is 0 Å². The highest BCUT2D eigenvalue weighted by atomic mass is 32.1. The minimum absolute atomic E-state index is 0.0865. The molecule has 4 nitrogen and oxygen atoms in total. The van der Waals surface area contributed by atoms with Crippen LogP contribution in [0.4, 0.5) is 5.13 Å². The zero-order valence-electron chi connectivity index (χ0n) is 10.8. The van der Waals surface area contributed by atoms with Gasteiger partial charge in [0, 0.05) is 18.8 Å². The normalized spacial score (nSPS) is 10.4. The molecule has 3 N–H and O–H groups in total. The van der Waals surface area contributed by atoms with E-state index in [0.29, 0.717) is 11.7 Å². The maximum atomic E-state index is 10.9. The highest BCUT2D eigenvalue weighted by molar-refractivity contribution is 7.13. The summed E-state index contributed by atoms with van der Waals surface area (Å²) < 4.78 is 0. The lowest BCUT2D eigenvalue weighted by Crippen LogP contribution is -2.05. The number of thiazole rings is 1. The number of anilines is 1. The number of carbonyl (C=O) groups is 1. The van der Waals surface area contributed by atoms with Crippen molar-refractivity contribution in [3.63, 3.8) is 0 Å². The number of nitrogens with zero attached hydrogens (tertiary/aromatic N) is 1. The molecule has 100 valence electrons. The minimum Gasteiger partial charge on any atom is -0.326 e. The number of aryl methyl sites for hydroxylation is 2. The molecular weight excluding hydrogens is 258 g/mol. The Labute approximate surface area is 116 Å². The van der Waals surface area contributed by atoms with E-state index in [9.17, 15) is 4.79 Å². The number of hydrogen-bond acceptors (Lipinski definition) is 4. The maximum absolute atomic E-state index is 10.9. The molecule has 0 atom stereocenters. The third-order valence-corrected chi connectivity index (χ3v) is 3.54. The summed E-state index contributed by atoms with van der Waals surface area (Å²) in [6, 6.07) is 8.28. The van der Waals surface area contributed by atoms with Crippen LogP contribution in [0, 0.1) is 0 Å². The fraction of sp³-hybridized carbons (Fsp3) is 0.286. The summed E-state index contributed by atoms with van der Waals surface area (Å²) in [5, 5.41) is 5.34. The van der Waals surface area contributed by atoms with Crippen LogP contribution in [0.25, 0.3) is 0 Å². The molecule has 0 aliphatic rings. The molecule has 1 heterocycles. The smallest absolute Gasteiger partial charge is 0.223 e. The van der Waals surface area contributed by atoms with Gasteiger partial charge in [0.1, 0.15) is 0 Å². The van der Waals surface area contributed by atoms with Gasteiger partial charge in [-0.2, -0.15) is 0 Å². The Morgan fingerprint density at radius 3 is 2.89 bits per heavy atom. The Morgan fingerprint density at radius 2 is 2.16 bits per heavy atom. The number of nitrogens with two attached hydrogens (primary N) is 1. The summed E-state index contributed by atoms with van der Waals surface area (Å²) in [6.45, 7) is 2.05. The first kappa shape index (κ1) is 13.7. The number of carbonyl (C=O) groups excluding carboxylic acids is 1. The van der Waals surface area contributed by atoms with Crippen LogP contribution < -0.4 is 11.1 Å². The summed E-state index contributed by atoms with van der Waals surface area (Å²) in [5.74, 6) is -0.0865. The second-order valence-electron chi connectivity index (χ2n) is 4.35. The van der Waals surface area contributed by atoms with Crippen LogP contribution in [0.2, 0.25) is 0 Å². The first-order valence-electron chi connectivity index (χ1n) is 6.17. The number of hydrogen-bond donors (Lipinski definition) is 2. The van der Waals surface area contributed by atoms with Gasteiger partial charge in [0.05, 0.1) is 5.69 Å². The topological polar surface area (TPSA) is 68.0 Å². The third kappa shape index (κ3) is 4.15. The Morgan fingerprint density at radius 1 is 1.37 bits per heavy atom. The maximum Gasteiger partial charge on any atom is 0.223 e. The van der Waals surface area contributed by atoms with Crippen LogP contribution in [0.15, 0.2) is 29.6 Å². The lowest BCUT2D eigenvalue weighted by atomic mass is 10.1. The average molecular weight is 275 g/mol. The molecule has 0 fully saturated rings. The van der Waals surface area contributed by atoms with E-state index in [1.807, 2.05) is 17.5 Å². The molecule has 0 saturated heterocycles. The molecule has 0 bridgehead atoms. The summed E-state index contributed by atoms with van der Waals surface area (Å²) in [7, 11) is 0. The molecular formula is C14H17N3OS. The minimum atomic E-state index is -0.0865. The zero-order valence-corrected chi connectivity index (χ0v) is 11.7. The number of rotatable bonds is 5. The molecule has 1 aromatic heterocycles. The van der Waals surface area contributed by atoms with Gasteiger partial charge in [-0.25, -0.2) is 4.98 Å². The molecule has 1 aromatic carbocycles. The van der Waals surface area contributed by atoms with Crippen molar-refractivity contribution in [2.45, 2.75) is 26.3 Å². The third-order valence-electron chi connectivity index (χ3n) is 2.73. The van der Waals surface area contributed by atoms with E-state index in [-0.39, 0.29) is 5.91 Å². The van der Waals surface area contributed by atoms with Crippen molar-refractivity contribution in [3.8, 4) is 0 Å². The molecule has 2 aromatic rings. The van der Waals surface area contributed by atoms with E-state index in [4.69, 9.17) is 5.73 Å². The van der Waals surface area contributed by atoms with Gasteiger partial charge in [0.15, 0.2) is 5.13 Å². The van der Waals surface area contributed by atoms with Crippen molar-refractivity contribution in [3.05, 3.63) is 46.5 Å². The summed E-state index contributed by atoms with van der Waals surface area (Å²) in [6.07, 6.45) is 1.79. The van der Waals surface area contributed by atoms with E-state index >= 15 is 0 Å². The lowest BCUT2D eigenvalue weighted by molar-refractivity contribution is -0.114. The molecule has 0 saturated carbocycles. The highest BCUT2D eigenvalue weighted by Crippen LogP contribution is 2.17. The van der Waals surface area contributed by atoms with Crippen molar-refractivity contribution >= 4 is 22.4 Å². The quantitative estimate of drug-likeness (QED) is 0.880. The van der Waals surface area contributed by atoms with Crippen LogP contribution in [0.5, 0.6) is 0 Å². The van der Waals surface area contributed by atoms with Gasteiger partial charge in [-0.3, -0.25) is 4.79 Å². The second-order valence-corrected chi connectivity index (χ2v) is 5.21. The van der Waals surface area contributed by atoms with Crippen molar-refractivity contribution in [1.29, 1.82) is 0 Å². The molecule has 2 rings (SSSR count). The van der Waals surface area contributed by atoms with Gasteiger partial charge < -0.3 is 11.1 Å². The Balaban J connectivity index is 1.94. The number of aromatic nitrogens is 1. The number of nitrogens with one attached hydrogen (secondary N) is 1. The monoisotopic (exact) mass is 275 g/mol.